The highest BCUT2D eigenvalue weighted by molar-refractivity contribution is 6.01. The highest BCUT2D eigenvalue weighted by atomic mass is 19.1. The van der Waals surface area contributed by atoms with Gasteiger partial charge in [-0.3, -0.25) is 4.90 Å². The molecule has 2 aromatic carbocycles. The minimum absolute atomic E-state index is 0.198. The van der Waals surface area contributed by atoms with Crippen molar-refractivity contribution in [3.05, 3.63) is 71.3 Å². The van der Waals surface area contributed by atoms with Crippen molar-refractivity contribution in [2.75, 3.05) is 19.7 Å². The summed E-state index contributed by atoms with van der Waals surface area (Å²) in [6.45, 7) is 7.46. The Morgan fingerprint density at radius 2 is 1.71 bits per heavy atom. The molecule has 0 amide bonds. The number of benzene rings is 2. The number of nitrogens with zero attached hydrogens (tertiary/aromatic N) is 2. The Hall–Kier alpha value is -2.35. The van der Waals surface area contributed by atoms with E-state index in [1.807, 2.05) is 20.8 Å². The van der Waals surface area contributed by atoms with Gasteiger partial charge in [-0.25, -0.2) is 8.78 Å². The third-order valence-corrected chi connectivity index (χ3v) is 4.87. The van der Waals surface area contributed by atoms with E-state index < -0.39 is 6.10 Å². The van der Waals surface area contributed by atoms with Gasteiger partial charge in [0.2, 0.25) is 0 Å². The van der Waals surface area contributed by atoms with E-state index >= 15 is 0 Å². The number of aliphatic hydroxyl groups excluding tert-OH is 1. The second kappa shape index (κ2) is 10.3. The van der Waals surface area contributed by atoms with E-state index in [1.54, 1.807) is 24.3 Å². The van der Waals surface area contributed by atoms with Crippen LogP contribution in [-0.2, 0) is 16.1 Å². The quantitative estimate of drug-likeness (QED) is 0.647. The van der Waals surface area contributed by atoms with Gasteiger partial charge in [0.15, 0.2) is 0 Å². The predicted octanol–water partition coefficient (Wildman–Crippen LogP) is 4.14. The number of aliphatic hydroxyl groups is 1. The van der Waals surface area contributed by atoms with Crippen molar-refractivity contribution in [2.45, 2.75) is 51.5 Å². The molecule has 7 heteroatoms. The summed E-state index contributed by atoms with van der Waals surface area (Å²) in [5.41, 5.74) is 2.19. The molecule has 0 spiro atoms. The zero-order chi connectivity index (χ0) is 22.4. The average molecular weight is 433 g/mol. The molecule has 2 atom stereocenters. The monoisotopic (exact) mass is 432 g/mol. The van der Waals surface area contributed by atoms with Crippen molar-refractivity contribution >= 4 is 5.71 Å². The molecule has 0 radical (unpaired) electrons. The fourth-order valence-corrected chi connectivity index (χ4v) is 3.38. The molecule has 0 aliphatic carbocycles. The maximum atomic E-state index is 13.3. The van der Waals surface area contributed by atoms with Gasteiger partial charge in [0.1, 0.15) is 17.7 Å². The van der Waals surface area contributed by atoms with E-state index in [0.717, 1.165) is 16.8 Å². The zero-order valence-corrected chi connectivity index (χ0v) is 18.2. The summed E-state index contributed by atoms with van der Waals surface area (Å²) in [6, 6.07) is 12.5. The van der Waals surface area contributed by atoms with E-state index in [1.165, 1.54) is 24.3 Å². The van der Waals surface area contributed by atoms with Crippen LogP contribution in [0.1, 0.15) is 38.3 Å². The smallest absolute Gasteiger partial charge is 0.145 e. The molecule has 0 saturated heterocycles. The first-order valence-corrected chi connectivity index (χ1v) is 10.5. The number of hydrogen-bond donors (Lipinski definition) is 1. The molecule has 1 aliphatic rings. The van der Waals surface area contributed by atoms with Gasteiger partial charge in [-0.05, 0) is 56.2 Å². The van der Waals surface area contributed by atoms with Crippen LogP contribution in [0.15, 0.2) is 53.7 Å². The largest absolute Gasteiger partial charge is 0.390 e. The summed E-state index contributed by atoms with van der Waals surface area (Å²) in [5, 5.41) is 14.7. The minimum atomic E-state index is -0.682. The summed E-state index contributed by atoms with van der Waals surface area (Å²) in [5.74, 6) is -0.581. The number of halogens is 2. The van der Waals surface area contributed by atoms with Crippen molar-refractivity contribution in [2.24, 2.45) is 5.16 Å². The first-order chi connectivity index (χ1) is 14.7. The van der Waals surface area contributed by atoms with Crippen LogP contribution < -0.4 is 0 Å². The van der Waals surface area contributed by atoms with Crippen LogP contribution in [0, 0.1) is 11.6 Å². The third kappa shape index (κ3) is 7.69. The Labute approximate surface area is 182 Å². The Bertz CT molecular complexity index is 864. The lowest BCUT2D eigenvalue weighted by atomic mass is 10.0. The number of oxime groups is 1. The molecule has 0 bridgehead atoms. The fourth-order valence-electron chi connectivity index (χ4n) is 3.38. The van der Waals surface area contributed by atoms with Crippen LogP contribution in [-0.4, -0.2) is 53.2 Å². The van der Waals surface area contributed by atoms with Crippen LogP contribution in [0.25, 0.3) is 0 Å². The van der Waals surface area contributed by atoms with E-state index in [2.05, 4.69) is 10.1 Å². The van der Waals surface area contributed by atoms with Gasteiger partial charge in [-0.1, -0.05) is 29.4 Å². The Morgan fingerprint density at radius 1 is 1.10 bits per heavy atom. The molecule has 1 aliphatic heterocycles. The molecule has 1 N–H and O–H groups in total. The minimum Gasteiger partial charge on any atom is -0.390 e. The third-order valence-electron chi connectivity index (χ3n) is 4.87. The predicted molar refractivity (Wildman–Crippen MR) is 116 cm³/mol. The van der Waals surface area contributed by atoms with Crippen LogP contribution in [0.5, 0.6) is 0 Å². The first-order valence-electron chi connectivity index (χ1n) is 10.5. The lowest BCUT2D eigenvalue weighted by Crippen LogP contribution is -2.40. The van der Waals surface area contributed by atoms with Crippen molar-refractivity contribution in [1.29, 1.82) is 0 Å². The molecule has 2 unspecified atom stereocenters. The molecule has 168 valence electrons. The molecule has 31 heavy (non-hydrogen) atoms. The first kappa shape index (κ1) is 23.3. The van der Waals surface area contributed by atoms with Crippen LogP contribution in [0.4, 0.5) is 8.78 Å². The number of ether oxygens (including phenoxy) is 1. The second-order valence-electron chi connectivity index (χ2n) is 8.87. The molecule has 2 aromatic rings. The van der Waals surface area contributed by atoms with E-state index in [9.17, 15) is 13.9 Å². The molecule has 1 heterocycles. The topological polar surface area (TPSA) is 54.3 Å². The lowest BCUT2D eigenvalue weighted by molar-refractivity contribution is -0.0600. The standard InChI is InChI=1S/C24H30F2N2O3/c1-24(2,3)30-16-21(29)14-28(13-17-4-8-19(25)9-5-17)15-22-12-23(27-31-22)18-6-10-20(26)11-7-18/h4-11,21-22,29H,12-16H2,1-3H3. The van der Waals surface area contributed by atoms with Crippen molar-refractivity contribution in [3.63, 3.8) is 0 Å². The van der Waals surface area contributed by atoms with Crippen LogP contribution in [0.3, 0.4) is 0 Å². The summed E-state index contributed by atoms with van der Waals surface area (Å²) in [4.78, 5) is 7.67. The van der Waals surface area contributed by atoms with E-state index in [-0.39, 0.29) is 29.9 Å². The second-order valence-corrected chi connectivity index (χ2v) is 8.87. The van der Waals surface area contributed by atoms with Crippen LogP contribution in [0.2, 0.25) is 0 Å². The van der Waals surface area contributed by atoms with Gasteiger partial charge in [0.25, 0.3) is 0 Å². The summed E-state index contributed by atoms with van der Waals surface area (Å²) in [7, 11) is 0. The highest BCUT2D eigenvalue weighted by Crippen LogP contribution is 2.19. The van der Waals surface area contributed by atoms with E-state index in [4.69, 9.17) is 9.57 Å². The SMILES string of the molecule is CC(C)(C)OCC(O)CN(Cc1ccc(F)cc1)CC1CC(c2ccc(F)cc2)=NO1. The molecule has 3 rings (SSSR count). The molecule has 0 fully saturated rings. The van der Waals surface area contributed by atoms with Gasteiger partial charge in [0, 0.05) is 26.1 Å². The van der Waals surface area contributed by atoms with Gasteiger partial charge in [0.05, 0.1) is 24.0 Å². The zero-order valence-electron chi connectivity index (χ0n) is 18.2. The van der Waals surface area contributed by atoms with Gasteiger partial charge in [-0.2, -0.15) is 0 Å². The number of hydrogen-bond acceptors (Lipinski definition) is 5. The summed E-state index contributed by atoms with van der Waals surface area (Å²) in [6.07, 6.45) is -0.296. The summed E-state index contributed by atoms with van der Waals surface area (Å²) >= 11 is 0. The summed E-state index contributed by atoms with van der Waals surface area (Å²) < 4.78 is 32.2. The maximum Gasteiger partial charge on any atom is 0.145 e. The molecule has 0 saturated carbocycles. The molecular formula is C24H30F2N2O3. The molecule has 5 nitrogen and oxygen atoms in total. The lowest BCUT2D eigenvalue weighted by Gasteiger charge is -2.28. The average Bonchev–Trinajstić information content (AvgIpc) is 3.16. The van der Waals surface area contributed by atoms with Crippen molar-refractivity contribution in [1.82, 2.24) is 4.90 Å². The molecular weight excluding hydrogens is 402 g/mol. The van der Waals surface area contributed by atoms with Crippen molar-refractivity contribution < 1.29 is 23.5 Å². The van der Waals surface area contributed by atoms with Crippen molar-refractivity contribution in [3.8, 4) is 0 Å². The Kier molecular flexibility index (Phi) is 7.75. The van der Waals surface area contributed by atoms with Gasteiger partial charge in [-0.15, -0.1) is 0 Å². The van der Waals surface area contributed by atoms with E-state index in [0.29, 0.717) is 26.1 Å². The highest BCUT2D eigenvalue weighted by Gasteiger charge is 2.26. The number of rotatable bonds is 9. The maximum absolute atomic E-state index is 13.3. The fraction of sp³-hybridized carbons (Fsp3) is 0.458. The van der Waals surface area contributed by atoms with Gasteiger partial charge < -0.3 is 14.7 Å². The van der Waals surface area contributed by atoms with Crippen LogP contribution >= 0.6 is 0 Å². The van der Waals surface area contributed by atoms with Gasteiger partial charge >= 0.3 is 0 Å². The normalized spacial score (nSPS) is 17.5. The molecule has 0 aromatic heterocycles. The Morgan fingerprint density at radius 3 is 2.32 bits per heavy atom. The Balaban J connectivity index is 1.62.